The number of nitro groups is 1. The number of carbonyl (C=O) groups is 1. The first-order valence-electron chi connectivity index (χ1n) is 6.13. The Morgan fingerprint density at radius 2 is 2.24 bits per heavy atom. The molecular weight excluding hydrogens is 276 g/mol. The molecule has 1 aromatic heterocycles. The smallest absolute Gasteiger partial charge is 0.342 e. The van der Waals surface area contributed by atoms with E-state index in [0.717, 1.165) is 11.3 Å². The van der Waals surface area contributed by atoms with Crippen LogP contribution in [0, 0.1) is 17.0 Å². The molecule has 0 aliphatic heterocycles. The van der Waals surface area contributed by atoms with E-state index >= 15 is 0 Å². The van der Waals surface area contributed by atoms with Gasteiger partial charge in [0.2, 0.25) is 0 Å². The molecule has 0 aliphatic carbocycles. The molecular formula is C13H14N4O4. The number of nitrogens with zero attached hydrogens (tertiary/aromatic N) is 3. The highest BCUT2D eigenvalue weighted by Gasteiger charge is 2.19. The number of benzene rings is 1. The third kappa shape index (κ3) is 3.16. The second kappa shape index (κ2) is 5.61. The first-order chi connectivity index (χ1) is 9.88. The zero-order valence-corrected chi connectivity index (χ0v) is 11.5. The predicted octanol–water partition coefficient (Wildman–Crippen LogP) is 1.95. The highest BCUT2D eigenvalue weighted by molar-refractivity contribution is 5.93. The minimum atomic E-state index is -1.33. The van der Waals surface area contributed by atoms with Crippen LogP contribution in [-0.4, -0.2) is 25.8 Å². The lowest BCUT2D eigenvalue weighted by atomic mass is 10.1. The Hall–Kier alpha value is -2.90. The zero-order valence-electron chi connectivity index (χ0n) is 11.5. The Labute approximate surface area is 120 Å². The van der Waals surface area contributed by atoms with E-state index in [0.29, 0.717) is 12.2 Å². The van der Waals surface area contributed by atoms with Crippen molar-refractivity contribution in [3.05, 3.63) is 51.3 Å². The maximum atomic E-state index is 11.1. The minimum absolute atomic E-state index is 0.340. The van der Waals surface area contributed by atoms with Gasteiger partial charge in [0, 0.05) is 37.1 Å². The quantitative estimate of drug-likeness (QED) is 0.643. The Morgan fingerprint density at radius 3 is 2.76 bits per heavy atom. The van der Waals surface area contributed by atoms with Crippen LogP contribution in [0.1, 0.15) is 21.6 Å². The van der Waals surface area contributed by atoms with E-state index in [1.807, 2.05) is 20.2 Å². The van der Waals surface area contributed by atoms with Gasteiger partial charge in [0.25, 0.3) is 5.69 Å². The molecule has 110 valence electrons. The SMILES string of the molecule is Cc1nn(C)cc1CNc1ccc([N+](=O)[O-])c(C(=O)O)c1. The molecule has 0 fully saturated rings. The number of aromatic nitrogens is 2. The number of hydrogen-bond donors (Lipinski definition) is 2. The van der Waals surface area contributed by atoms with Crippen LogP contribution in [0.5, 0.6) is 0 Å². The zero-order chi connectivity index (χ0) is 15.6. The van der Waals surface area contributed by atoms with Gasteiger partial charge in [0.15, 0.2) is 0 Å². The van der Waals surface area contributed by atoms with Crippen LogP contribution in [0.3, 0.4) is 0 Å². The van der Waals surface area contributed by atoms with Gasteiger partial charge in [0.1, 0.15) is 5.56 Å². The Kier molecular flexibility index (Phi) is 3.88. The first kappa shape index (κ1) is 14.5. The van der Waals surface area contributed by atoms with Crippen LogP contribution in [0.4, 0.5) is 11.4 Å². The fraction of sp³-hybridized carbons (Fsp3) is 0.231. The molecule has 0 saturated carbocycles. The molecule has 0 saturated heterocycles. The van der Waals surface area contributed by atoms with Crippen molar-refractivity contribution in [3.8, 4) is 0 Å². The molecule has 0 radical (unpaired) electrons. The first-order valence-corrected chi connectivity index (χ1v) is 6.13. The van der Waals surface area contributed by atoms with Gasteiger partial charge in [-0.3, -0.25) is 14.8 Å². The van der Waals surface area contributed by atoms with Gasteiger partial charge < -0.3 is 10.4 Å². The highest BCUT2D eigenvalue weighted by Crippen LogP contribution is 2.23. The summed E-state index contributed by atoms with van der Waals surface area (Å²) in [6.07, 6.45) is 1.85. The molecule has 2 rings (SSSR count). The van der Waals surface area contributed by atoms with Crippen LogP contribution in [0.2, 0.25) is 0 Å². The van der Waals surface area contributed by atoms with Crippen molar-refractivity contribution in [2.45, 2.75) is 13.5 Å². The summed E-state index contributed by atoms with van der Waals surface area (Å²) in [5, 5.41) is 27.0. The Bertz CT molecular complexity index is 708. The van der Waals surface area contributed by atoms with E-state index in [2.05, 4.69) is 10.4 Å². The monoisotopic (exact) mass is 290 g/mol. The van der Waals surface area contributed by atoms with Gasteiger partial charge in [-0.2, -0.15) is 5.10 Å². The molecule has 2 N–H and O–H groups in total. The molecule has 0 atom stereocenters. The number of hydrogen-bond acceptors (Lipinski definition) is 5. The van der Waals surface area contributed by atoms with Crippen molar-refractivity contribution in [3.63, 3.8) is 0 Å². The molecule has 8 heteroatoms. The third-order valence-corrected chi connectivity index (χ3v) is 3.02. The van der Waals surface area contributed by atoms with Crippen LogP contribution >= 0.6 is 0 Å². The molecule has 0 unspecified atom stereocenters. The molecule has 0 amide bonds. The summed E-state index contributed by atoms with van der Waals surface area (Å²) < 4.78 is 1.69. The van der Waals surface area contributed by atoms with Gasteiger partial charge in [0.05, 0.1) is 10.6 Å². The number of carboxylic acids is 1. The molecule has 21 heavy (non-hydrogen) atoms. The van der Waals surface area contributed by atoms with E-state index < -0.39 is 16.6 Å². The van der Waals surface area contributed by atoms with E-state index in [9.17, 15) is 14.9 Å². The summed E-state index contributed by atoms with van der Waals surface area (Å²) in [7, 11) is 1.81. The molecule has 0 bridgehead atoms. The molecule has 1 aromatic carbocycles. The van der Waals surface area contributed by atoms with E-state index in [1.54, 1.807) is 4.68 Å². The third-order valence-electron chi connectivity index (χ3n) is 3.02. The maximum Gasteiger partial charge on any atom is 0.342 e. The predicted molar refractivity (Wildman–Crippen MR) is 75.3 cm³/mol. The van der Waals surface area contributed by atoms with Gasteiger partial charge >= 0.3 is 5.97 Å². The molecule has 2 aromatic rings. The van der Waals surface area contributed by atoms with Gasteiger partial charge in [-0.1, -0.05) is 0 Å². The summed E-state index contributed by atoms with van der Waals surface area (Å²) in [6.45, 7) is 2.33. The molecule has 0 aliphatic rings. The van der Waals surface area contributed by atoms with Gasteiger partial charge in [-0.25, -0.2) is 4.79 Å². The molecule has 8 nitrogen and oxygen atoms in total. The number of aromatic carboxylic acids is 1. The Balaban J connectivity index is 2.21. The fourth-order valence-electron chi connectivity index (χ4n) is 2.00. The molecule has 1 heterocycles. The number of rotatable bonds is 5. The topological polar surface area (TPSA) is 110 Å². The number of aryl methyl sites for hydroxylation is 2. The van der Waals surface area contributed by atoms with E-state index in [4.69, 9.17) is 5.11 Å². The lowest BCUT2D eigenvalue weighted by molar-refractivity contribution is -0.385. The van der Waals surface area contributed by atoms with E-state index in [1.165, 1.54) is 18.2 Å². The Morgan fingerprint density at radius 1 is 1.52 bits per heavy atom. The standard InChI is InChI=1S/C13H14N4O4/c1-8-9(7-16(2)15-8)6-14-10-3-4-12(17(20)21)11(5-10)13(18)19/h3-5,7,14H,6H2,1-2H3,(H,18,19). The normalized spacial score (nSPS) is 10.4. The second-order valence-corrected chi connectivity index (χ2v) is 4.56. The summed E-state index contributed by atoms with van der Waals surface area (Å²) in [4.78, 5) is 21.1. The van der Waals surface area contributed by atoms with Crippen molar-refractivity contribution in [1.29, 1.82) is 0 Å². The van der Waals surface area contributed by atoms with Crippen LogP contribution < -0.4 is 5.32 Å². The van der Waals surface area contributed by atoms with Crippen molar-refractivity contribution in [1.82, 2.24) is 9.78 Å². The minimum Gasteiger partial charge on any atom is -0.477 e. The van der Waals surface area contributed by atoms with Crippen molar-refractivity contribution in [2.75, 3.05) is 5.32 Å². The lowest BCUT2D eigenvalue weighted by Crippen LogP contribution is -2.05. The number of nitrogens with one attached hydrogen (secondary N) is 1. The number of anilines is 1. The summed E-state index contributed by atoms with van der Waals surface area (Å²) in [5.41, 5.74) is 1.57. The largest absolute Gasteiger partial charge is 0.477 e. The van der Waals surface area contributed by atoms with Crippen molar-refractivity contribution < 1.29 is 14.8 Å². The van der Waals surface area contributed by atoms with Gasteiger partial charge in [-0.05, 0) is 19.1 Å². The van der Waals surface area contributed by atoms with Crippen molar-refractivity contribution >= 4 is 17.3 Å². The van der Waals surface area contributed by atoms with Crippen LogP contribution in [0.25, 0.3) is 0 Å². The fourth-order valence-corrected chi connectivity index (χ4v) is 2.00. The van der Waals surface area contributed by atoms with Crippen LogP contribution in [0.15, 0.2) is 24.4 Å². The number of nitro benzene ring substituents is 1. The van der Waals surface area contributed by atoms with Gasteiger partial charge in [-0.15, -0.1) is 0 Å². The van der Waals surface area contributed by atoms with E-state index in [-0.39, 0.29) is 5.56 Å². The van der Waals surface area contributed by atoms with Crippen LogP contribution in [-0.2, 0) is 13.6 Å². The summed E-state index contributed by atoms with van der Waals surface area (Å²) in [6, 6.07) is 3.92. The average Bonchev–Trinajstić information content (AvgIpc) is 2.74. The second-order valence-electron chi connectivity index (χ2n) is 4.56. The molecule has 0 spiro atoms. The summed E-state index contributed by atoms with van der Waals surface area (Å²) >= 11 is 0. The summed E-state index contributed by atoms with van der Waals surface area (Å²) in [5.74, 6) is -1.33. The number of carboxylic acid groups (broad SMARTS) is 1. The highest BCUT2D eigenvalue weighted by atomic mass is 16.6. The van der Waals surface area contributed by atoms with Crippen molar-refractivity contribution in [2.24, 2.45) is 7.05 Å². The average molecular weight is 290 g/mol. The lowest BCUT2D eigenvalue weighted by Gasteiger charge is -2.07. The maximum absolute atomic E-state index is 11.1.